The van der Waals surface area contributed by atoms with Crippen LogP contribution in [0.1, 0.15) is 18.4 Å². The number of para-hydroxylation sites is 2. The molecule has 2 aromatic carbocycles. The van der Waals surface area contributed by atoms with E-state index in [1.165, 1.54) is 12.1 Å². The molecule has 4 nitrogen and oxygen atoms in total. The Hall–Kier alpha value is -2.69. The fourth-order valence-electron chi connectivity index (χ4n) is 2.70. The molecule has 2 aromatic rings. The summed E-state index contributed by atoms with van der Waals surface area (Å²) in [6.45, 7) is 0.670. The number of carbonyl (C=O) groups excluding carboxylic acids is 2. The van der Waals surface area contributed by atoms with E-state index in [-0.39, 0.29) is 24.1 Å². The standard InChI is InChI=1S/C18H17FN2O2/c19-14-9-7-13(8-10-14)12-17(22)20-15-4-1-2-5-16(15)21-11-3-6-18(21)23/h1-2,4-5,7-10H,3,6,11-12H2,(H,20,22). The van der Waals surface area contributed by atoms with Gasteiger partial charge in [0.25, 0.3) is 0 Å². The van der Waals surface area contributed by atoms with E-state index in [1.807, 2.05) is 18.2 Å². The molecular formula is C18H17FN2O2. The van der Waals surface area contributed by atoms with Gasteiger partial charge < -0.3 is 10.2 Å². The van der Waals surface area contributed by atoms with E-state index >= 15 is 0 Å². The van der Waals surface area contributed by atoms with Gasteiger partial charge in [-0.15, -0.1) is 0 Å². The van der Waals surface area contributed by atoms with E-state index in [0.29, 0.717) is 18.7 Å². The summed E-state index contributed by atoms with van der Waals surface area (Å²) in [4.78, 5) is 25.8. The summed E-state index contributed by atoms with van der Waals surface area (Å²) in [5, 5.41) is 2.84. The zero-order chi connectivity index (χ0) is 16.2. The van der Waals surface area contributed by atoms with E-state index in [0.717, 1.165) is 17.7 Å². The van der Waals surface area contributed by atoms with Crippen molar-refractivity contribution in [2.24, 2.45) is 0 Å². The number of halogens is 1. The Morgan fingerprint density at radius 1 is 1.13 bits per heavy atom. The summed E-state index contributed by atoms with van der Waals surface area (Å²) in [6.07, 6.45) is 1.52. The van der Waals surface area contributed by atoms with Gasteiger partial charge in [-0.2, -0.15) is 0 Å². The Balaban J connectivity index is 1.73. The maximum atomic E-state index is 12.9. The summed E-state index contributed by atoms with van der Waals surface area (Å²) in [6, 6.07) is 13.1. The van der Waals surface area contributed by atoms with Crippen molar-refractivity contribution in [3.05, 3.63) is 59.9 Å². The van der Waals surface area contributed by atoms with Crippen LogP contribution >= 0.6 is 0 Å². The molecule has 1 aliphatic rings. The molecule has 1 heterocycles. The van der Waals surface area contributed by atoms with Crippen LogP contribution in [0.3, 0.4) is 0 Å². The first kappa shape index (κ1) is 15.2. The van der Waals surface area contributed by atoms with Crippen molar-refractivity contribution >= 4 is 23.2 Å². The molecule has 3 rings (SSSR count). The number of nitrogens with zero attached hydrogens (tertiary/aromatic N) is 1. The summed E-state index contributed by atoms with van der Waals surface area (Å²) in [5.74, 6) is -0.451. The molecule has 0 aliphatic carbocycles. The molecule has 0 radical (unpaired) electrons. The number of anilines is 2. The third-order valence-electron chi connectivity index (χ3n) is 3.82. The van der Waals surface area contributed by atoms with Crippen LogP contribution < -0.4 is 10.2 Å². The molecule has 0 saturated carbocycles. The zero-order valence-corrected chi connectivity index (χ0v) is 12.6. The van der Waals surface area contributed by atoms with Gasteiger partial charge in [-0.05, 0) is 36.2 Å². The highest BCUT2D eigenvalue weighted by molar-refractivity contribution is 6.02. The molecule has 2 amide bonds. The molecule has 1 saturated heterocycles. The number of amides is 2. The molecule has 1 aliphatic heterocycles. The van der Waals surface area contributed by atoms with Crippen LogP contribution in [0.5, 0.6) is 0 Å². The number of nitrogens with one attached hydrogen (secondary N) is 1. The van der Waals surface area contributed by atoms with Crippen LogP contribution in [0, 0.1) is 5.82 Å². The molecule has 23 heavy (non-hydrogen) atoms. The minimum absolute atomic E-state index is 0.0743. The second kappa shape index (κ2) is 6.60. The summed E-state index contributed by atoms with van der Waals surface area (Å²) in [7, 11) is 0. The second-order valence-electron chi connectivity index (χ2n) is 5.52. The maximum absolute atomic E-state index is 12.9. The topological polar surface area (TPSA) is 49.4 Å². The van der Waals surface area contributed by atoms with Gasteiger partial charge in [0.05, 0.1) is 17.8 Å². The molecule has 1 N–H and O–H groups in total. The summed E-state index contributed by atoms with van der Waals surface area (Å²) >= 11 is 0. The lowest BCUT2D eigenvalue weighted by molar-refractivity contribution is -0.117. The highest BCUT2D eigenvalue weighted by Crippen LogP contribution is 2.29. The van der Waals surface area contributed by atoms with Crippen molar-refractivity contribution < 1.29 is 14.0 Å². The summed E-state index contributed by atoms with van der Waals surface area (Å²) < 4.78 is 12.9. The highest BCUT2D eigenvalue weighted by Gasteiger charge is 2.24. The van der Waals surface area contributed by atoms with Gasteiger partial charge in [0.1, 0.15) is 5.82 Å². The SMILES string of the molecule is O=C(Cc1ccc(F)cc1)Nc1ccccc1N1CCCC1=O. The average Bonchev–Trinajstić information content (AvgIpc) is 2.96. The van der Waals surface area contributed by atoms with Gasteiger partial charge in [0.2, 0.25) is 11.8 Å². The van der Waals surface area contributed by atoms with Crippen molar-refractivity contribution in [3.63, 3.8) is 0 Å². The molecular weight excluding hydrogens is 295 g/mol. The van der Waals surface area contributed by atoms with E-state index < -0.39 is 0 Å². The fourth-order valence-corrected chi connectivity index (χ4v) is 2.70. The van der Waals surface area contributed by atoms with Crippen LogP contribution in [-0.4, -0.2) is 18.4 Å². The number of rotatable bonds is 4. The predicted molar refractivity (Wildman–Crippen MR) is 86.8 cm³/mol. The van der Waals surface area contributed by atoms with Crippen LogP contribution in [0.2, 0.25) is 0 Å². The lowest BCUT2D eigenvalue weighted by Crippen LogP contribution is -2.25. The minimum atomic E-state index is -0.327. The van der Waals surface area contributed by atoms with E-state index in [4.69, 9.17) is 0 Å². The van der Waals surface area contributed by atoms with Crippen molar-refractivity contribution in [2.45, 2.75) is 19.3 Å². The number of hydrogen-bond donors (Lipinski definition) is 1. The Morgan fingerprint density at radius 3 is 2.57 bits per heavy atom. The number of benzene rings is 2. The third kappa shape index (κ3) is 3.56. The van der Waals surface area contributed by atoms with Gasteiger partial charge in [-0.25, -0.2) is 4.39 Å². The Labute approximate surface area is 133 Å². The Kier molecular flexibility index (Phi) is 4.37. The van der Waals surface area contributed by atoms with Crippen LogP contribution in [0.25, 0.3) is 0 Å². The smallest absolute Gasteiger partial charge is 0.228 e. The monoisotopic (exact) mass is 312 g/mol. The van der Waals surface area contributed by atoms with Crippen molar-refractivity contribution in [1.82, 2.24) is 0 Å². The predicted octanol–water partition coefficient (Wildman–Crippen LogP) is 3.13. The van der Waals surface area contributed by atoms with Crippen LogP contribution in [0.4, 0.5) is 15.8 Å². The van der Waals surface area contributed by atoms with Crippen LogP contribution in [0.15, 0.2) is 48.5 Å². The minimum Gasteiger partial charge on any atom is -0.324 e. The number of hydrogen-bond acceptors (Lipinski definition) is 2. The average molecular weight is 312 g/mol. The van der Waals surface area contributed by atoms with Crippen molar-refractivity contribution in [2.75, 3.05) is 16.8 Å². The molecule has 0 unspecified atom stereocenters. The first-order chi connectivity index (χ1) is 11.1. The van der Waals surface area contributed by atoms with Gasteiger partial charge in [-0.3, -0.25) is 9.59 Å². The second-order valence-corrected chi connectivity index (χ2v) is 5.52. The molecule has 0 spiro atoms. The Bertz CT molecular complexity index is 728. The Morgan fingerprint density at radius 2 is 1.87 bits per heavy atom. The molecule has 0 atom stereocenters. The maximum Gasteiger partial charge on any atom is 0.228 e. The number of carbonyl (C=O) groups is 2. The molecule has 0 bridgehead atoms. The zero-order valence-electron chi connectivity index (χ0n) is 12.6. The highest BCUT2D eigenvalue weighted by atomic mass is 19.1. The van der Waals surface area contributed by atoms with E-state index in [2.05, 4.69) is 5.32 Å². The third-order valence-corrected chi connectivity index (χ3v) is 3.82. The summed E-state index contributed by atoms with van der Waals surface area (Å²) in [5.41, 5.74) is 2.08. The first-order valence-electron chi connectivity index (χ1n) is 7.57. The fraction of sp³-hybridized carbons (Fsp3) is 0.222. The molecule has 0 aromatic heterocycles. The van der Waals surface area contributed by atoms with E-state index in [9.17, 15) is 14.0 Å². The quantitative estimate of drug-likeness (QED) is 0.943. The van der Waals surface area contributed by atoms with Crippen molar-refractivity contribution in [3.8, 4) is 0 Å². The normalized spacial score (nSPS) is 14.1. The van der Waals surface area contributed by atoms with Crippen LogP contribution in [-0.2, 0) is 16.0 Å². The molecule has 1 fully saturated rings. The van der Waals surface area contributed by atoms with E-state index in [1.54, 1.807) is 23.1 Å². The molecule has 118 valence electrons. The van der Waals surface area contributed by atoms with Gasteiger partial charge in [0, 0.05) is 13.0 Å². The van der Waals surface area contributed by atoms with Gasteiger partial charge >= 0.3 is 0 Å². The van der Waals surface area contributed by atoms with Crippen molar-refractivity contribution in [1.29, 1.82) is 0 Å². The van der Waals surface area contributed by atoms with Gasteiger partial charge in [0.15, 0.2) is 0 Å². The molecule has 5 heteroatoms. The first-order valence-corrected chi connectivity index (χ1v) is 7.57. The lowest BCUT2D eigenvalue weighted by atomic mass is 10.1. The largest absolute Gasteiger partial charge is 0.324 e. The lowest BCUT2D eigenvalue weighted by Gasteiger charge is -2.20. The van der Waals surface area contributed by atoms with Gasteiger partial charge in [-0.1, -0.05) is 24.3 Å².